The number of carbonyl (C=O) groups is 2. The second kappa shape index (κ2) is 14.0. The maximum atomic E-state index is 13.6. The molecule has 0 aromatic heterocycles. The molecule has 0 radical (unpaired) electrons. The van der Waals surface area contributed by atoms with Crippen LogP contribution in [0.4, 0.5) is 18.9 Å². The quantitative estimate of drug-likeness (QED) is 0.144. The van der Waals surface area contributed by atoms with Crippen molar-refractivity contribution < 1.29 is 32.0 Å². The molecule has 1 fully saturated rings. The number of unbranched alkanes of at least 4 members (excludes halogenated alkanes) is 2. The number of amides is 1. The number of likely N-dealkylation sites (N-methyl/N-ethyl adjacent to an activating group) is 1. The summed E-state index contributed by atoms with van der Waals surface area (Å²) in [4.78, 5) is 29.9. The number of carbonyl (C=O) groups excluding carboxylic acids is 2. The number of alkyl halides is 3. The van der Waals surface area contributed by atoms with Crippen molar-refractivity contribution in [2.75, 3.05) is 52.7 Å². The SMILES string of the molecule is CC1=C(C=O)C(c2ccc(C#N)cc2)N(C2OC2NCC(=O)N(C)CCCCC[N+](C)(C)C)C(=N)N1c1cccc(C(F)(F)F)c1. The van der Waals surface area contributed by atoms with Crippen LogP contribution >= 0.6 is 0 Å². The number of aldehydes is 1. The van der Waals surface area contributed by atoms with Gasteiger partial charge in [-0.15, -0.1) is 0 Å². The molecular weight excluding hydrogens is 599 g/mol. The molecule has 2 aliphatic rings. The van der Waals surface area contributed by atoms with E-state index in [2.05, 4.69) is 32.5 Å². The lowest BCUT2D eigenvalue weighted by Gasteiger charge is -2.44. The summed E-state index contributed by atoms with van der Waals surface area (Å²) in [6.07, 6.45) is -2.51. The van der Waals surface area contributed by atoms with Gasteiger partial charge in [0.15, 0.2) is 12.5 Å². The van der Waals surface area contributed by atoms with Crippen molar-refractivity contribution in [3.63, 3.8) is 0 Å². The number of ether oxygens (including phenoxy) is 1. The summed E-state index contributed by atoms with van der Waals surface area (Å²) in [7, 11) is 8.18. The van der Waals surface area contributed by atoms with E-state index in [1.807, 2.05) is 0 Å². The molecule has 1 amide bonds. The third kappa shape index (κ3) is 8.12. The first-order valence-corrected chi connectivity index (χ1v) is 15.1. The fraction of sp³-hybridized carbons (Fsp3) is 0.455. The molecule has 2 N–H and O–H groups in total. The fourth-order valence-electron chi connectivity index (χ4n) is 5.53. The van der Waals surface area contributed by atoms with Crippen LogP contribution in [0, 0.1) is 16.7 Å². The third-order valence-corrected chi connectivity index (χ3v) is 8.14. The fourth-order valence-corrected chi connectivity index (χ4v) is 5.53. The molecule has 0 spiro atoms. The van der Waals surface area contributed by atoms with Gasteiger partial charge in [0, 0.05) is 30.5 Å². The number of hydrogen-bond acceptors (Lipinski definition) is 6. The zero-order valence-corrected chi connectivity index (χ0v) is 26.8. The maximum absolute atomic E-state index is 13.6. The molecule has 3 atom stereocenters. The third-order valence-electron chi connectivity index (χ3n) is 8.14. The average Bonchev–Trinajstić information content (AvgIpc) is 3.77. The van der Waals surface area contributed by atoms with Gasteiger partial charge in [-0.1, -0.05) is 18.2 Å². The number of quaternary nitrogens is 1. The Kier molecular flexibility index (Phi) is 10.6. The van der Waals surface area contributed by atoms with E-state index in [0.29, 0.717) is 24.0 Å². The lowest BCUT2D eigenvalue weighted by atomic mass is 9.93. The van der Waals surface area contributed by atoms with Gasteiger partial charge in [-0.25, -0.2) is 0 Å². The Morgan fingerprint density at radius 3 is 2.46 bits per heavy atom. The number of allylic oxidation sites excluding steroid dienone is 1. The van der Waals surface area contributed by atoms with Crippen LogP contribution in [0.15, 0.2) is 59.8 Å². The van der Waals surface area contributed by atoms with Gasteiger partial charge in [0.1, 0.15) is 6.29 Å². The molecule has 2 aromatic carbocycles. The van der Waals surface area contributed by atoms with Gasteiger partial charge >= 0.3 is 6.18 Å². The molecular formula is C33H41F3N7O3+. The number of halogens is 3. The van der Waals surface area contributed by atoms with Crippen molar-refractivity contribution in [3.8, 4) is 6.07 Å². The number of nitrogens with one attached hydrogen (secondary N) is 2. The minimum absolute atomic E-state index is 0.0218. The van der Waals surface area contributed by atoms with E-state index in [-0.39, 0.29) is 35.4 Å². The number of epoxide rings is 1. The summed E-state index contributed by atoms with van der Waals surface area (Å²) in [6, 6.07) is 12.3. The number of guanidine groups is 1. The summed E-state index contributed by atoms with van der Waals surface area (Å²) in [5.74, 6) is -0.337. The number of rotatable bonds is 13. The predicted molar refractivity (Wildman–Crippen MR) is 167 cm³/mol. The van der Waals surface area contributed by atoms with E-state index in [9.17, 15) is 33.4 Å². The van der Waals surface area contributed by atoms with Crippen molar-refractivity contribution in [1.82, 2.24) is 15.1 Å². The topological polar surface area (TPSA) is 116 Å². The Morgan fingerprint density at radius 2 is 1.85 bits per heavy atom. The minimum Gasteiger partial charge on any atom is -0.345 e. The lowest BCUT2D eigenvalue weighted by molar-refractivity contribution is -0.870. The normalized spacial score (nSPS) is 20.1. The Labute approximate surface area is 267 Å². The van der Waals surface area contributed by atoms with Gasteiger partial charge in [-0.3, -0.25) is 25.2 Å². The molecule has 13 heteroatoms. The molecule has 2 heterocycles. The van der Waals surface area contributed by atoms with Crippen LogP contribution in [0.2, 0.25) is 0 Å². The minimum atomic E-state index is -4.61. The molecule has 10 nitrogen and oxygen atoms in total. The van der Waals surface area contributed by atoms with Gasteiger partial charge in [0.25, 0.3) is 0 Å². The second-order valence-electron chi connectivity index (χ2n) is 12.6. The summed E-state index contributed by atoms with van der Waals surface area (Å²) in [5, 5.41) is 21.6. The van der Waals surface area contributed by atoms with E-state index < -0.39 is 30.2 Å². The van der Waals surface area contributed by atoms with Crippen LogP contribution in [-0.4, -0.2) is 92.7 Å². The Morgan fingerprint density at radius 1 is 1.15 bits per heavy atom. The molecule has 2 aromatic rings. The summed E-state index contributed by atoms with van der Waals surface area (Å²) < 4.78 is 47.6. The highest BCUT2D eigenvalue weighted by atomic mass is 19.4. The average molecular weight is 641 g/mol. The van der Waals surface area contributed by atoms with Crippen LogP contribution in [-0.2, 0) is 20.5 Å². The van der Waals surface area contributed by atoms with Crippen LogP contribution in [0.5, 0.6) is 0 Å². The first-order chi connectivity index (χ1) is 21.7. The van der Waals surface area contributed by atoms with E-state index in [1.54, 1.807) is 43.1 Å². The summed E-state index contributed by atoms with van der Waals surface area (Å²) >= 11 is 0. The maximum Gasteiger partial charge on any atom is 0.416 e. The zero-order valence-electron chi connectivity index (χ0n) is 26.8. The monoisotopic (exact) mass is 640 g/mol. The molecule has 0 aliphatic carbocycles. The number of hydrogen-bond donors (Lipinski definition) is 2. The van der Waals surface area contributed by atoms with Crippen molar-refractivity contribution in [1.29, 1.82) is 10.7 Å². The van der Waals surface area contributed by atoms with Crippen molar-refractivity contribution in [2.45, 2.75) is 50.9 Å². The van der Waals surface area contributed by atoms with Gasteiger partial charge < -0.3 is 19.0 Å². The number of benzene rings is 2. The summed E-state index contributed by atoms with van der Waals surface area (Å²) in [6.45, 7) is 3.22. The first-order valence-electron chi connectivity index (χ1n) is 15.1. The zero-order chi connectivity index (χ0) is 33.8. The molecule has 246 valence electrons. The van der Waals surface area contributed by atoms with Crippen LogP contribution in [0.3, 0.4) is 0 Å². The van der Waals surface area contributed by atoms with Crippen molar-refractivity contribution >= 4 is 23.8 Å². The molecule has 3 unspecified atom stereocenters. The smallest absolute Gasteiger partial charge is 0.345 e. The Hall–Kier alpha value is -4.25. The Balaban J connectivity index is 1.54. The largest absolute Gasteiger partial charge is 0.416 e. The number of nitriles is 1. The van der Waals surface area contributed by atoms with Crippen molar-refractivity contribution in [2.24, 2.45) is 0 Å². The van der Waals surface area contributed by atoms with Gasteiger partial charge in [-0.05, 0) is 62.1 Å². The number of nitrogens with zero attached hydrogens (tertiary/aromatic N) is 5. The van der Waals surface area contributed by atoms with Crippen LogP contribution < -0.4 is 10.2 Å². The van der Waals surface area contributed by atoms with Crippen LogP contribution in [0.1, 0.15) is 48.9 Å². The molecule has 0 bridgehead atoms. The van der Waals surface area contributed by atoms with Gasteiger partial charge in [-0.2, -0.15) is 18.4 Å². The Bertz CT molecular complexity index is 1510. The highest BCUT2D eigenvalue weighted by Crippen LogP contribution is 2.44. The highest BCUT2D eigenvalue weighted by molar-refractivity contribution is 6.02. The molecule has 2 aliphatic heterocycles. The standard InChI is InChI=1S/C33H41F3N7O3/c1-22-27(21-44)29(24-14-12-23(19-37)13-15-24)42(32(38)41(22)26-11-9-10-25(18-26)33(34,35)36)31-30(46-31)39-20-28(45)40(2)16-7-6-8-17-43(3,4)5/h9-15,18,21,29-31,38-39H,6-8,16-17,20H2,1-5H3/q+1. The first kappa shape index (κ1) is 34.6. The van der Waals surface area contributed by atoms with Crippen molar-refractivity contribution in [3.05, 3.63) is 76.5 Å². The highest BCUT2D eigenvalue weighted by Gasteiger charge is 2.52. The van der Waals surface area contributed by atoms with Crippen LogP contribution in [0.25, 0.3) is 0 Å². The van der Waals surface area contributed by atoms with Gasteiger partial charge in [0.05, 0.1) is 57.5 Å². The molecule has 4 rings (SSSR count). The second-order valence-corrected chi connectivity index (χ2v) is 12.6. The molecule has 0 saturated carbocycles. The lowest BCUT2D eigenvalue weighted by Crippen LogP contribution is -2.53. The van der Waals surface area contributed by atoms with E-state index >= 15 is 0 Å². The van der Waals surface area contributed by atoms with E-state index in [0.717, 1.165) is 42.4 Å². The molecule has 1 saturated heterocycles. The molecule has 46 heavy (non-hydrogen) atoms. The van der Waals surface area contributed by atoms with Gasteiger partial charge in [0.2, 0.25) is 11.9 Å². The predicted octanol–water partition coefficient (Wildman–Crippen LogP) is 4.45. The van der Waals surface area contributed by atoms with E-state index in [1.165, 1.54) is 21.9 Å². The summed E-state index contributed by atoms with van der Waals surface area (Å²) in [5.41, 5.74) is 0.657. The number of anilines is 1. The van der Waals surface area contributed by atoms with E-state index in [4.69, 9.17) is 4.74 Å².